The van der Waals surface area contributed by atoms with Gasteiger partial charge in [-0.25, -0.2) is 0 Å². The summed E-state index contributed by atoms with van der Waals surface area (Å²) in [5.74, 6) is 1.79. The first-order valence-corrected chi connectivity index (χ1v) is 5.39. The standard InChI is InChI=1S/C11H12ClN3O/c1-8-3-4-10(16-2)9(5-8)15-7-13-14-11(15)6-12/h3-5,7H,6H2,1-2H3. The van der Waals surface area contributed by atoms with E-state index in [0.29, 0.717) is 11.7 Å². The van der Waals surface area contributed by atoms with E-state index in [4.69, 9.17) is 16.3 Å². The Morgan fingerprint density at radius 2 is 2.25 bits per heavy atom. The van der Waals surface area contributed by atoms with Gasteiger partial charge < -0.3 is 4.74 Å². The maximum absolute atomic E-state index is 5.79. The Balaban J connectivity index is 2.58. The van der Waals surface area contributed by atoms with Gasteiger partial charge in [0.25, 0.3) is 0 Å². The smallest absolute Gasteiger partial charge is 0.152 e. The minimum atomic E-state index is 0.317. The predicted molar refractivity (Wildman–Crippen MR) is 62.2 cm³/mol. The lowest BCUT2D eigenvalue weighted by Crippen LogP contribution is -2.01. The first-order valence-electron chi connectivity index (χ1n) is 4.86. The van der Waals surface area contributed by atoms with Crippen LogP contribution >= 0.6 is 11.6 Å². The number of nitrogens with zero attached hydrogens (tertiary/aromatic N) is 3. The van der Waals surface area contributed by atoms with Gasteiger partial charge in [-0.15, -0.1) is 21.8 Å². The van der Waals surface area contributed by atoms with Crippen LogP contribution in [0.15, 0.2) is 24.5 Å². The van der Waals surface area contributed by atoms with Crippen molar-refractivity contribution in [2.45, 2.75) is 12.8 Å². The number of methoxy groups -OCH3 is 1. The van der Waals surface area contributed by atoms with Crippen LogP contribution in [0, 0.1) is 6.92 Å². The summed E-state index contributed by atoms with van der Waals surface area (Å²) in [5, 5.41) is 7.79. The van der Waals surface area contributed by atoms with E-state index in [9.17, 15) is 0 Å². The summed E-state index contributed by atoms with van der Waals surface area (Å²) in [6.45, 7) is 2.02. The third-order valence-electron chi connectivity index (χ3n) is 2.33. The van der Waals surface area contributed by atoms with Gasteiger partial charge in [0.1, 0.15) is 12.1 Å². The lowest BCUT2D eigenvalue weighted by Gasteiger charge is -2.11. The van der Waals surface area contributed by atoms with E-state index in [0.717, 1.165) is 17.0 Å². The fraction of sp³-hybridized carbons (Fsp3) is 0.273. The minimum Gasteiger partial charge on any atom is -0.495 e. The van der Waals surface area contributed by atoms with E-state index >= 15 is 0 Å². The molecule has 84 valence electrons. The Hall–Kier alpha value is -1.55. The zero-order valence-electron chi connectivity index (χ0n) is 9.14. The van der Waals surface area contributed by atoms with Crippen LogP contribution in [0.5, 0.6) is 5.75 Å². The SMILES string of the molecule is COc1ccc(C)cc1-n1cnnc1CCl. The molecule has 4 nitrogen and oxygen atoms in total. The first-order chi connectivity index (χ1) is 7.76. The number of rotatable bonds is 3. The molecule has 0 atom stereocenters. The number of ether oxygens (including phenoxy) is 1. The summed E-state index contributed by atoms with van der Waals surface area (Å²) in [5.41, 5.74) is 2.05. The Labute approximate surface area is 98.8 Å². The Morgan fingerprint density at radius 3 is 2.94 bits per heavy atom. The largest absolute Gasteiger partial charge is 0.495 e. The molecule has 0 unspecified atom stereocenters. The predicted octanol–water partition coefficient (Wildman–Crippen LogP) is 2.32. The average molecular weight is 238 g/mol. The molecule has 0 aliphatic heterocycles. The second kappa shape index (κ2) is 4.53. The van der Waals surface area contributed by atoms with Crippen LogP contribution in [0.25, 0.3) is 5.69 Å². The average Bonchev–Trinajstić information content (AvgIpc) is 2.76. The highest BCUT2D eigenvalue weighted by atomic mass is 35.5. The molecule has 2 aromatic rings. The molecule has 0 spiro atoms. The Morgan fingerprint density at radius 1 is 1.44 bits per heavy atom. The number of benzene rings is 1. The maximum atomic E-state index is 5.79. The van der Waals surface area contributed by atoms with Crippen molar-refractivity contribution in [3.63, 3.8) is 0 Å². The third kappa shape index (κ3) is 1.88. The number of halogens is 1. The topological polar surface area (TPSA) is 39.9 Å². The highest BCUT2D eigenvalue weighted by Crippen LogP contribution is 2.24. The van der Waals surface area contributed by atoms with Crippen molar-refractivity contribution in [2.24, 2.45) is 0 Å². The highest BCUT2D eigenvalue weighted by Gasteiger charge is 2.10. The molecule has 1 aromatic carbocycles. The van der Waals surface area contributed by atoms with Gasteiger partial charge in [-0.05, 0) is 24.6 Å². The molecule has 5 heteroatoms. The number of aryl methyl sites for hydroxylation is 1. The molecule has 0 fully saturated rings. The van der Waals surface area contributed by atoms with Gasteiger partial charge in [-0.2, -0.15) is 0 Å². The molecule has 2 rings (SSSR count). The molecular weight excluding hydrogens is 226 g/mol. The molecule has 1 heterocycles. The van der Waals surface area contributed by atoms with Crippen LogP contribution in [-0.2, 0) is 5.88 Å². The molecule has 0 saturated heterocycles. The van der Waals surface area contributed by atoms with Gasteiger partial charge in [-0.1, -0.05) is 6.07 Å². The van der Waals surface area contributed by atoms with Crippen molar-refractivity contribution in [1.82, 2.24) is 14.8 Å². The van der Waals surface area contributed by atoms with Crippen LogP contribution in [0.1, 0.15) is 11.4 Å². The number of aromatic nitrogens is 3. The zero-order valence-corrected chi connectivity index (χ0v) is 9.90. The number of alkyl halides is 1. The molecule has 0 radical (unpaired) electrons. The first kappa shape index (κ1) is 11.0. The van der Waals surface area contributed by atoms with Crippen molar-refractivity contribution in [1.29, 1.82) is 0 Å². The number of hydrogen-bond acceptors (Lipinski definition) is 3. The van der Waals surface area contributed by atoms with Crippen LogP contribution in [0.2, 0.25) is 0 Å². The molecule has 0 N–H and O–H groups in total. The molecule has 0 bridgehead atoms. The van der Waals surface area contributed by atoms with Crippen LogP contribution in [0.4, 0.5) is 0 Å². The fourth-order valence-electron chi connectivity index (χ4n) is 1.54. The molecule has 0 aliphatic carbocycles. The Bertz CT molecular complexity index is 496. The minimum absolute atomic E-state index is 0.317. The summed E-state index contributed by atoms with van der Waals surface area (Å²) in [6.07, 6.45) is 1.63. The molecular formula is C11H12ClN3O. The molecule has 0 amide bonds. The second-order valence-electron chi connectivity index (χ2n) is 3.43. The van der Waals surface area contributed by atoms with E-state index in [1.54, 1.807) is 13.4 Å². The molecule has 16 heavy (non-hydrogen) atoms. The summed E-state index contributed by atoms with van der Waals surface area (Å²) in [7, 11) is 1.64. The third-order valence-corrected chi connectivity index (χ3v) is 2.57. The monoisotopic (exact) mass is 237 g/mol. The van der Waals surface area contributed by atoms with Crippen molar-refractivity contribution in [3.8, 4) is 11.4 Å². The summed E-state index contributed by atoms with van der Waals surface area (Å²) in [6, 6.07) is 5.92. The molecule has 0 aliphatic rings. The second-order valence-corrected chi connectivity index (χ2v) is 3.69. The van der Waals surface area contributed by atoms with Gasteiger partial charge in [0.2, 0.25) is 0 Å². The van der Waals surface area contributed by atoms with E-state index in [1.165, 1.54) is 0 Å². The lowest BCUT2D eigenvalue weighted by molar-refractivity contribution is 0.412. The summed E-state index contributed by atoms with van der Waals surface area (Å²) < 4.78 is 7.14. The zero-order chi connectivity index (χ0) is 11.5. The van der Waals surface area contributed by atoms with Crippen molar-refractivity contribution in [2.75, 3.05) is 7.11 Å². The van der Waals surface area contributed by atoms with Gasteiger partial charge >= 0.3 is 0 Å². The maximum Gasteiger partial charge on any atom is 0.152 e. The Kier molecular flexibility index (Phi) is 3.10. The van der Waals surface area contributed by atoms with Gasteiger partial charge in [0.15, 0.2) is 5.82 Å². The van der Waals surface area contributed by atoms with Crippen LogP contribution in [-0.4, -0.2) is 21.9 Å². The lowest BCUT2D eigenvalue weighted by atomic mass is 10.2. The quantitative estimate of drug-likeness (QED) is 0.770. The van der Waals surface area contributed by atoms with Gasteiger partial charge in [-0.3, -0.25) is 4.57 Å². The van der Waals surface area contributed by atoms with Crippen molar-refractivity contribution in [3.05, 3.63) is 35.9 Å². The van der Waals surface area contributed by atoms with E-state index in [-0.39, 0.29) is 0 Å². The fourth-order valence-corrected chi connectivity index (χ4v) is 1.72. The van der Waals surface area contributed by atoms with Crippen LogP contribution < -0.4 is 4.74 Å². The molecule has 1 aromatic heterocycles. The summed E-state index contributed by atoms with van der Waals surface area (Å²) in [4.78, 5) is 0. The van der Waals surface area contributed by atoms with E-state index < -0.39 is 0 Å². The van der Waals surface area contributed by atoms with E-state index in [2.05, 4.69) is 10.2 Å². The van der Waals surface area contributed by atoms with E-state index in [1.807, 2.05) is 29.7 Å². The number of hydrogen-bond donors (Lipinski definition) is 0. The highest BCUT2D eigenvalue weighted by molar-refractivity contribution is 6.16. The van der Waals surface area contributed by atoms with Gasteiger partial charge in [0.05, 0.1) is 18.7 Å². The normalized spacial score (nSPS) is 10.4. The molecule has 0 saturated carbocycles. The van der Waals surface area contributed by atoms with Crippen molar-refractivity contribution >= 4 is 11.6 Å². The van der Waals surface area contributed by atoms with Gasteiger partial charge in [0, 0.05) is 0 Å². The summed E-state index contributed by atoms with van der Waals surface area (Å²) >= 11 is 5.79. The van der Waals surface area contributed by atoms with Crippen molar-refractivity contribution < 1.29 is 4.74 Å². The van der Waals surface area contributed by atoms with Crippen LogP contribution in [0.3, 0.4) is 0 Å².